The fraction of sp³-hybridized carbons (Fsp3) is 0.444. The highest BCUT2D eigenvalue weighted by Gasteiger charge is 2.27. The summed E-state index contributed by atoms with van der Waals surface area (Å²) < 4.78 is 18.6. The minimum Gasteiger partial charge on any atom is -0.364 e. The van der Waals surface area contributed by atoms with E-state index >= 15 is 0 Å². The quantitative estimate of drug-likeness (QED) is 0.846. The van der Waals surface area contributed by atoms with E-state index in [4.69, 9.17) is 4.74 Å². The third-order valence-corrected chi connectivity index (χ3v) is 5.03. The second-order valence-electron chi connectivity index (χ2n) is 6.58. The van der Waals surface area contributed by atoms with Crippen LogP contribution in [0, 0.1) is 5.82 Å². The fourth-order valence-corrected chi connectivity index (χ4v) is 4.04. The van der Waals surface area contributed by atoms with E-state index in [0.717, 1.165) is 23.5 Å². The number of amides is 1. The lowest BCUT2D eigenvalue weighted by Gasteiger charge is -2.31. The lowest BCUT2D eigenvalue weighted by Crippen LogP contribution is -3.16. The van der Waals surface area contributed by atoms with Gasteiger partial charge in [-0.3, -0.25) is 10.1 Å². The van der Waals surface area contributed by atoms with Crippen molar-refractivity contribution in [3.8, 4) is 0 Å². The number of hydrogen-bond acceptors (Lipinski definition) is 4. The van der Waals surface area contributed by atoms with Crippen LogP contribution in [0.2, 0.25) is 0 Å². The molecule has 1 aromatic heterocycles. The number of morpholine rings is 1. The summed E-state index contributed by atoms with van der Waals surface area (Å²) in [5, 5.41) is 3.49. The predicted molar refractivity (Wildman–Crippen MR) is 95.5 cm³/mol. The third kappa shape index (κ3) is 5.32. The van der Waals surface area contributed by atoms with Gasteiger partial charge in [-0.25, -0.2) is 9.37 Å². The smallest absolute Gasteiger partial charge is 0.281 e. The number of nitrogens with zero attached hydrogens (tertiary/aromatic N) is 1. The van der Waals surface area contributed by atoms with E-state index in [1.54, 1.807) is 18.3 Å². The maximum Gasteiger partial charge on any atom is 0.281 e. The fourth-order valence-electron chi connectivity index (χ4n) is 3.17. The van der Waals surface area contributed by atoms with Crippen molar-refractivity contribution in [2.45, 2.75) is 32.5 Å². The second kappa shape index (κ2) is 8.03. The molecule has 0 saturated carbocycles. The Bertz CT molecular complexity index is 709. The summed E-state index contributed by atoms with van der Waals surface area (Å²) >= 11 is 1.45. The van der Waals surface area contributed by atoms with Crippen LogP contribution in [0.5, 0.6) is 0 Å². The van der Waals surface area contributed by atoms with Crippen molar-refractivity contribution in [1.29, 1.82) is 0 Å². The summed E-state index contributed by atoms with van der Waals surface area (Å²) in [6.07, 6.45) is 2.79. The first-order valence-electron chi connectivity index (χ1n) is 8.46. The largest absolute Gasteiger partial charge is 0.364 e. The van der Waals surface area contributed by atoms with E-state index in [0.29, 0.717) is 18.1 Å². The number of carbonyl (C=O) groups excluding carboxylic acids is 1. The Labute approximate surface area is 150 Å². The lowest BCUT2D eigenvalue weighted by molar-refractivity contribution is -0.907. The molecule has 2 heterocycles. The van der Waals surface area contributed by atoms with E-state index in [1.807, 2.05) is 13.8 Å². The molecule has 0 unspecified atom stereocenters. The minimum atomic E-state index is -0.241. The van der Waals surface area contributed by atoms with E-state index in [-0.39, 0.29) is 23.9 Å². The van der Waals surface area contributed by atoms with Crippen LogP contribution < -0.4 is 10.2 Å². The van der Waals surface area contributed by atoms with E-state index in [1.165, 1.54) is 28.4 Å². The minimum absolute atomic E-state index is 0.0287. The standard InChI is InChI=1S/C18H22FN3O2S/c1-12-9-22(10-13(2)24-12)11-17(23)21-18-20-8-16(25-18)7-14-3-5-15(19)6-4-14/h3-6,8,12-13H,7,9-11H2,1-2H3,(H,20,21,23)/p+1/t12-,13-/m0/s1. The molecule has 7 heteroatoms. The topological polar surface area (TPSA) is 55.7 Å². The Morgan fingerprint density at radius 2 is 2.00 bits per heavy atom. The van der Waals surface area contributed by atoms with Crippen LogP contribution in [0.1, 0.15) is 24.3 Å². The number of rotatable bonds is 5. The molecule has 5 nitrogen and oxygen atoms in total. The van der Waals surface area contributed by atoms with Gasteiger partial charge in [0, 0.05) is 17.5 Å². The predicted octanol–water partition coefficient (Wildman–Crippen LogP) is 1.50. The van der Waals surface area contributed by atoms with Crippen LogP contribution in [-0.2, 0) is 16.0 Å². The van der Waals surface area contributed by atoms with Crippen molar-refractivity contribution in [3.05, 3.63) is 46.7 Å². The summed E-state index contributed by atoms with van der Waals surface area (Å²) in [4.78, 5) is 18.8. The van der Waals surface area contributed by atoms with Crippen LogP contribution in [0.3, 0.4) is 0 Å². The molecule has 1 aliphatic rings. The van der Waals surface area contributed by atoms with Gasteiger partial charge in [-0.15, -0.1) is 11.3 Å². The summed E-state index contributed by atoms with van der Waals surface area (Å²) in [6.45, 7) is 6.17. The number of aromatic nitrogens is 1. The number of anilines is 1. The van der Waals surface area contributed by atoms with Crippen molar-refractivity contribution >= 4 is 22.4 Å². The Morgan fingerprint density at radius 3 is 2.68 bits per heavy atom. The zero-order chi connectivity index (χ0) is 17.8. The third-order valence-electron chi connectivity index (χ3n) is 4.12. The highest BCUT2D eigenvalue weighted by atomic mass is 32.1. The normalized spacial score (nSPS) is 23.4. The molecular weight excluding hydrogens is 341 g/mol. The van der Waals surface area contributed by atoms with Gasteiger partial charge in [0.2, 0.25) is 0 Å². The SMILES string of the molecule is C[C@H]1C[NH+](CC(=O)Nc2ncc(Cc3ccc(F)cc3)s2)C[C@H](C)O1. The summed E-state index contributed by atoms with van der Waals surface area (Å²) in [7, 11) is 0. The molecule has 0 bridgehead atoms. The van der Waals surface area contributed by atoms with Gasteiger partial charge < -0.3 is 9.64 Å². The lowest BCUT2D eigenvalue weighted by atomic mass is 10.1. The van der Waals surface area contributed by atoms with Crippen molar-refractivity contribution < 1.29 is 18.8 Å². The molecule has 3 rings (SSSR count). The molecule has 1 amide bonds. The molecule has 2 N–H and O–H groups in total. The van der Waals surface area contributed by atoms with Gasteiger partial charge in [-0.05, 0) is 31.5 Å². The van der Waals surface area contributed by atoms with Crippen LogP contribution in [0.25, 0.3) is 0 Å². The van der Waals surface area contributed by atoms with Crippen LogP contribution in [0.15, 0.2) is 30.5 Å². The number of quaternary nitrogens is 1. The number of thiazole rings is 1. The van der Waals surface area contributed by atoms with E-state index in [2.05, 4.69) is 10.3 Å². The Kier molecular flexibility index (Phi) is 5.78. The van der Waals surface area contributed by atoms with Crippen molar-refractivity contribution in [3.63, 3.8) is 0 Å². The Balaban J connectivity index is 1.52. The Hall–Kier alpha value is -1.83. The monoisotopic (exact) mass is 364 g/mol. The second-order valence-corrected chi connectivity index (χ2v) is 7.69. The number of hydrogen-bond donors (Lipinski definition) is 2. The van der Waals surface area contributed by atoms with Crippen molar-refractivity contribution in [1.82, 2.24) is 4.98 Å². The maximum atomic E-state index is 12.9. The van der Waals surface area contributed by atoms with Crippen LogP contribution in [0.4, 0.5) is 9.52 Å². The molecule has 0 spiro atoms. The average Bonchev–Trinajstić information content (AvgIpc) is 2.95. The van der Waals surface area contributed by atoms with Crippen molar-refractivity contribution in [2.24, 2.45) is 0 Å². The van der Waals surface area contributed by atoms with Gasteiger partial charge in [-0.1, -0.05) is 12.1 Å². The van der Waals surface area contributed by atoms with E-state index in [9.17, 15) is 9.18 Å². The number of halogens is 1. The first-order valence-corrected chi connectivity index (χ1v) is 9.27. The van der Waals surface area contributed by atoms with Crippen LogP contribution >= 0.6 is 11.3 Å². The molecular formula is C18H23FN3O2S+. The van der Waals surface area contributed by atoms with E-state index < -0.39 is 0 Å². The molecule has 134 valence electrons. The number of carbonyl (C=O) groups is 1. The first kappa shape index (κ1) is 18.0. The number of ether oxygens (including phenoxy) is 1. The zero-order valence-electron chi connectivity index (χ0n) is 14.4. The van der Waals surface area contributed by atoms with Gasteiger partial charge >= 0.3 is 0 Å². The van der Waals surface area contributed by atoms with Crippen LogP contribution in [-0.4, -0.2) is 42.7 Å². The van der Waals surface area contributed by atoms with Gasteiger partial charge in [0.05, 0.1) is 0 Å². The highest BCUT2D eigenvalue weighted by molar-refractivity contribution is 7.15. The van der Waals surface area contributed by atoms with Gasteiger partial charge in [-0.2, -0.15) is 0 Å². The van der Waals surface area contributed by atoms with Gasteiger partial charge in [0.25, 0.3) is 5.91 Å². The van der Waals surface area contributed by atoms with Gasteiger partial charge in [0.15, 0.2) is 11.7 Å². The Morgan fingerprint density at radius 1 is 1.32 bits per heavy atom. The molecule has 2 aromatic rings. The van der Waals surface area contributed by atoms with Gasteiger partial charge in [0.1, 0.15) is 31.1 Å². The molecule has 25 heavy (non-hydrogen) atoms. The molecule has 1 aromatic carbocycles. The number of benzene rings is 1. The molecule has 1 fully saturated rings. The maximum absolute atomic E-state index is 12.9. The molecule has 0 radical (unpaired) electrons. The average molecular weight is 364 g/mol. The number of nitrogens with one attached hydrogen (secondary N) is 2. The molecule has 2 atom stereocenters. The summed E-state index contributed by atoms with van der Waals surface area (Å²) in [5.74, 6) is -0.269. The highest BCUT2D eigenvalue weighted by Crippen LogP contribution is 2.21. The van der Waals surface area contributed by atoms with Crippen molar-refractivity contribution in [2.75, 3.05) is 25.0 Å². The summed E-state index contributed by atoms with van der Waals surface area (Å²) in [6, 6.07) is 6.42. The summed E-state index contributed by atoms with van der Waals surface area (Å²) in [5.41, 5.74) is 1.02. The first-order chi connectivity index (χ1) is 12.0. The molecule has 1 saturated heterocycles. The molecule has 1 aliphatic heterocycles. The molecule has 0 aliphatic carbocycles. The zero-order valence-corrected chi connectivity index (χ0v) is 15.2.